The summed E-state index contributed by atoms with van der Waals surface area (Å²) in [6, 6.07) is 22.2. The molecule has 0 radical (unpaired) electrons. The largest absolute Gasteiger partial charge is 0.488 e. The summed E-state index contributed by atoms with van der Waals surface area (Å²) in [4.78, 5) is 0. The minimum absolute atomic E-state index is 0.256. The van der Waals surface area contributed by atoms with Crippen LogP contribution >= 0.6 is 0 Å². The number of benzene rings is 3. The van der Waals surface area contributed by atoms with Crippen molar-refractivity contribution in [2.24, 2.45) is 0 Å². The third-order valence-electron chi connectivity index (χ3n) is 4.30. The fourth-order valence-electron chi connectivity index (χ4n) is 3.00. The van der Waals surface area contributed by atoms with Crippen molar-refractivity contribution in [3.05, 3.63) is 100 Å². The molecule has 3 aromatic carbocycles. The fraction of sp³-hybridized carbons (Fsp3) is 0.125. The molecule has 0 unspecified atom stereocenters. The van der Waals surface area contributed by atoms with Gasteiger partial charge in [-0.25, -0.2) is 4.39 Å². The highest BCUT2D eigenvalue weighted by molar-refractivity contribution is 5.89. The minimum Gasteiger partial charge on any atom is -0.488 e. The van der Waals surface area contributed by atoms with Crippen molar-refractivity contribution in [1.29, 1.82) is 5.26 Å². The average molecular weight is 357 g/mol. The van der Waals surface area contributed by atoms with Crippen LogP contribution in [0, 0.1) is 31.0 Å². The SMILES string of the molecule is Cc1cc(/C=C(\C#N)c2ccccc2)cc(C)c1OCc1ccc(F)cc1. The molecule has 0 fully saturated rings. The standard InChI is InChI=1S/C24H20FNO/c1-17-12-20(14-22(15-26)21-6-4-3-5-7-21)13-18(2)24(17)27-16-19-8-10-23(25)11-9-19/h3-14H,16H2,1-2H3/b22-14+. The molecule has 0 heterocycles. The molecule has 134 valence electrons. The van der Waals surface area contributed by atoms with Crippen LogP contribution in [0.2, 0.25) is 0 Å². The van der Waals surface area contributed by atoms with Crippen molar-refractivity contribution in [2.75, 3.05) is 0 Å². The molecule has 2 nitrogen and oxygen atoms in total. The number of hydrogen-bond donors (Lipinski definition) is 0. The lowest BCUT2D eigenvalue weighted by atomic mass is 10.0. The van der Waals surface area contributed by atoms with Crippen LogP contribution < -0.4 is 4.74 Å². The highest BCUT2D eigenvalue weighted by atomic mass is 19.1. The molecule has 0 aliphatic carbocycles. The Labute approximate surface area is 159 Å². The van der Waals surface area contributed by atoms with E-state index >= 15 is 0 Å². The smallest absolute Gasteiger partial charge is 0.125 e. The van der Waals surface area contributed by atoms with Gasteiger partial charge in [0, 0.05) is 0 Å². The van der Waals surface area contributed by atoms with Gasteiger partial charge in [-0.1, -0.05) is 42.5 Å². The van der Waals surface area contributed by atoms with Crippen molar-refractivity contribution in [3.63, 3.8) is 0 Å². The van der Waals surface area contributed by atoms with Gasteiger partial charge in [0.1, 0.15) is 18.2 Å². The van der Waals surface area contributed by atoms with Gasteiger partial charge in [0.05, 0.1) is 11.6 Å². The predicted octanol–water partition coefficient (Wildman–Crippen LogP) is 6.09. The van der Waals surface area contributed by atoms with Gasteiger partial charge < -0.3 is 4.74 Å². The second-order valence-electron chi connectivity index (χ2n) is 6.43. The van der Waals surface area contributed by atoms with Crippen LogP contribution in [0.3, 0.4) is 0 Å². The van der Waals surface area contributed by atoms with Gasteiger partial charge in [0.25, 0.3) is 0 Å². The second-order valence-corrected chi connectivity index (χ2v) is 6.43. The van der Waals surface area contributed by atoms with Gasteiger partial charge in [0.15, 0.2) is 0 Å². The van der Waals surface area contributed by atoms with E-state index in [1.54, 1.807) is 12.1 Å². The van der Waals surface area contributed by atoms with Gasteiger partial charge >= 0.3 is 0 Å². The molecular weight excluding hydrogens is 337 g/mol. The van der Waals surface area contributed by atoms with Crippen molar-refractivity contribution in [3.8, 4) is 11.8 Å². The summed E-state index contributed by atoms with van der Waals surface area (Å²) in [6.45, 7) is 4.35. The molecule has 0 spiro atoms. The maximum Gasteiger partial charge on any atom is 0.125 e. The van der Waals surface area contributed by atoms with E-state index in [1.165, 1.54) is 12.1 Å². The molecule has 3 aromatic rings. The van der Waals surface area contributed by atoms with Crippen molar-refractivity contribution < 1.29 is 9.13 Å². The number of hydrogen-bond acceptors (Lipinski definition) is 2. The Balaban J connectivity index is 1.83. The first-order chi connectivity index (χ1) is 13.1. The number of aryl methyl sites for hydroxylation is 2. The predicted molar refractivity (Wildman–Crippen MR) is 107 cm³/mol. The van der Waals surface area contributed by atoms with Crippen LogP contribution in [-0.2, 0) is 6.61 Å². The molecule has 0 amide bonds. The molecule has 0 saturated carbocycles. The molecular formula is C24H20FNO. The minimum atomic E-state index is -0.256. The van der Waals surface area contributed by atoms with Crippen LogP contribution in [0.25, 0.3) is 11.6 Å². The first kappa shape index (κ1) is 18.4. The van der Waals surface area contributed by atoms with Gasteiger partial charge in [-0.05, 0) is 72.0 Å². The Morgan fingerprint density at radius 2 is 1.63 bits per heavy atom. The first-order valence-electron chi connectivity index (χ1n) is 8.72. The topological polar surface area (TPSA) is 33.0 Å². The highest BCUT2D eigenvalue weighted by Crippen LogP contribution is 2.28. The van der Waals surface area contributed by atoms with Crippen LogP contribution in [0.4, 0.5) is 4.39 Å². The lowest BCUT2D eigenvalue weighted by Crippen LogP contribution is -1.99. The Morgan fingerprint density at radius 3 is 2.22 bits per heavy atom. The number of nitriles is 1. The summed E-state index contributed by atoms with van der Waals surface area (Å²) < 4.78 is 19.0. The molecule has 0 atom stereocenters. The van der Waals surface area contributed by atoms with Crippen molar-refractivity contribution in [1.82, 2.24) is 0 Å². The molecule has 27 heavy (non-hydrogen) atoms. The van der Waals surface area contributed by atoms with Crippen LogP contribution in [0.1, 0.15) is 27.8 Å². The molecule has 3 heteroatoms. The number of halogens is 1. The zero-order valence-corrected chi connectivity index (χ0v) is 15.4. The third kappa shape index (κ3) is 4.62. The Morgan fingerprint density at radius 1 is 1.00 bits per heavy atom. The highest BCUT2D eigenvalue weighted by Gasteiger charge is 2.08. The van der Waals surface area contributed by atoms with Crippen molar-refractivity contribution >= 4 is 11.6 Å². The van der Waals surface area contributed by atoms with Gasteiger partial charge in [0.2, 0.25) is 0 Å². The van der Waals surface area contributed by atoms with E-state index in [2.05, 4.69) is 6.07 Å². The van der Waals surface area contributed by atoms with E-state index < -0.39 is 0 Å². The van der Waals surface area contributed by atoms with Gasteiger partial charge in [-0.15, -0.1) is 0 Å². The van der Waals surface area contributed by atoms with Crippen LogP contribution in [0.15, 0.2) is 66.7 Å². The summed E-state index contributed by atoms with van der Waals surface area (Å²) in [5, 5.41) is 9.49. The Kier molecular flexibility index (Phi) is 5.68. The summed E-state index contributed by atoms with van der Waals surface area (Å²) in [5.74, 6) is 0.559. The molecule has 0 bridgehead atoms. The maximum atomic E-state index is 13.0. The monoisotopic (exact) mass is 357 g/mol. The number of rotatable bonds is 5. The van der Waals surface area contributed by atoms with Crippen LogP contribution in [-0.4, -0.2) is 0 Å². The summed E-state index contributed by atoms with van der Waals surface area (Å²) in [7, 11) is 0. The van der Waals surface area contributed by atoms with E-state index in [9.17, 15) is 9.65 Å². The lowest BCUT2D eigenvalue weighted by Gasteiger charge is -2.13. The van der Waals surface area contributed by atoms with E-state index in [0.717, 1.165) is 33.6 Å². The lowest BCUT2D eigenvalue weighted by molar-refractivity contribution is 0.302. The Hall–Kier alpha value is -3.38. The number of allylic oxidation sites excluding steroid dienone is 1. The van der Waals surface area contributed by atoms with Crippen LogP contribution in [0.5, 0.6) is 5.75 Å². The molecule has 0 aromatic heterocycles. The quantitative estimate of drug-likeness (QED) is 0.409. The normalized spacial score (nSPS) is 11.1. The number of nitrogens with zero attached hydrogens (tertiary/aromatic N) is 1. The first-order valence-corrected chi connectivity index (χ1v) is 8.72. The third-order valence-corrected chi connectivity index (χ3v) is 4.30. The van der Waals surface area contributed by atoms with E-state index in [4.69, 9.17) is 4.74 Å². The van der Waals surface area contributed by atoms with E-state index in [1.807, 2.05) is 62.4 Å². The molecule has 0 aliphatic heterocycles. The van der Waals surface area contributed by atoms with E-state index in [0.29, 0.717) is 12.2 Å². The Bertz CT molecular complexity index is 976. The average Bonchev–Trinajstić information content (AvgIpc) is 2.67. The maximum absolute atomic E-state index is 13.0. The van der Waals surface area contributed by atoms with E-state index in [-0.39, 0.29) is 5.82 Å². The zero-order valence-electron chi connectivity index (χ0n) is 15.4. The van der Waals surface area contributed by atoms with Gasteiger partial charge in [-0.2, -0.15) is 5.26 Å². The zero-order chi connectivity index (χ0) is 19.2. The molecule has 0 N–H and O–H groups in total. The molecule has 0 aliphatic rings. The summed E-state index contributed by atoms with van der Waals surface area (Å²) in [5.41, 5.74) is 5.37. The fourth-order valence-corrected chi connectivity index (χ4v) is 3.00. The molecule has 3 rings (SSSR count). The second kappa shape index (κ2) is 8.33. The summed E-state index contributed by atoms with van der Waals surface area (Å²) in [6.07, 6.45) is 1.89. The van der Waals surface area contributed by atoms with Crippen molar-refractivity contribution in [2.45, 2.75) is 20.5 Å². The summed E-state index contributed by atoms with van der Waals surface area (Å²) >= 11 is 0. The molecule has 0 saturated heterocycles. The number of ether oxygens (including phenoxy) is 1. The van der Waals surface area contributed by atoms with Gasteiger partial charge in [-0.3, -0.25) is 0 Å².